The maximum absolute atomic E-state index is 5.54. The maximum Gasteiger partial charge on any atom is 0.0916 e. The average molecular weight is 276 g/mol. The SMILES string of the molecule is Cc1cccc(C(Cc2ccc3ccccc3n2)=NN)n1. The molecule has 0 saturated heterocycles. The lowest BCUT2D eigenvalue weighted by atomic mass is 10.1. The second-order valence-corrected chi connectivity index (χ2v) is 4.91. The van der Waals surface area contributed by atoms with Crippen LogP contribution in [0.25, 0.3) is 10.9 Å². The van der Waals surface area contributed by atoms with Gasteiger partial charge in [-0.2, -0.15) is 5.10 Å². The van der Waals surface area contributed by atoms with Crippen molar-refractivity contribution in [2.24, 2.45) is 10.9 Å². The largest absolute Gasteiger partial charge is 0.323 e. The predicted molar refractivity (Wildman–Crippen MR) is 85.1 cm³/mol. The van der Waals surface area contributed by atoms with Gasteiger partial charge in [-0.1, -0.05) is 30.3 Å². The minimum atomic E-state index is 0.567. The Morgan fingerprint density at radius 3 is 2.67 bits per heavy atom. The first-order valence-corrected chi connectivity index (χ1v) is 6.82. The minimum absolute atomic E-state index is 0.567. The summed E-state index contributed by atoms with van der Waals surface area (Å²) in [6, 6.07) is 17.9. The fraction of sp³-hybridized carbons (Fsp3) is 0.118. The van der Waals surface area contributed by atoms with Crippen LogP contribution in [0.3, 0.4) is 0 Å². The highest BCUT2D eigenvalue weighted by Crippen LogP contribution is 2.13. The lowest BCUT2D eigenvalue weighted by molar-refractivity contribution is 1.10. The Bertz CT molecular complexity index is 809. The molecule has 0 aliphatic carbocycles. The van der Waals surface area contributed by atoms with E-state index >= 15 is 0 Å². The number of hydrogen-bond donors (Lipinski definition) is 1. The minimum Gasteiger partial charge on any atom is -0.323 e. The molecule has 4 nitrogen and oxygen atoms in total. The molecule has 0 saturated carbocycles. The number of fused-ring (bicyclic) bond motifs is 1. The number of para-hydroxylation sites is 1. The quantitative estimate of drug-likeness (QED) is 0.454. The van der Waals surface area contributed by atoms with E-state index in [0.29, 0.717) is 6.42 Å². The molecule has 2 N–H and O–H groups in total. The summed E-state index contributed by atoms with van der Waals surface area (Å²) in [7, 11) is 0. The van der Waals surface area contributed by atoms with Crippen LogP contribution in [-0.2, 0) is 6.42 Å². The summed E-state index contributed by atoms with van der Waals surface area (Å²) in [5, 5.41) is 5.01. The molecule has 0 atom stereocenters. The Labute approximate surface area is 123 Å². The Morgan fingerprint density at radius 1 is 1.00 bits per heavy atom. The molecule has 21 heavy (non-hydrogen) atoms. The van der Waals surface area contributed by atoms with Crippen molar-refractivity contribution < 1.29 is 0 Å². The molecule has 3 aromatic rings. The van der Waals surface area contributed by atoms with Crippen LogP contribution in [-0.4, -0.2) is 15.7 Å². The van der Waals surface area contributed by atoms with E-state index in [4.69, 9.17) is 5.84 Å². The predicted octanol–water partition coefficient (Wildman–Crippen LogP) is 2.84. The molecule has 0 aliphatic rings. The summed E-state index contributed by atoms with van der Waals surface area (Å²) in [6.45, 7) is 1.95. The van der Waals surface area contributed by atoms with Gasteiger partial charge in [-0.05, 0) is 31.2 Å². The summed E-state index contributed by atoms with van der Waals surface area (Å²) in [4.78, 5) is 9.11. The Morgan fingerprint density at radius 2 is 1.86 bits per heavy atom. The molecule has 2 heterocycles. The van der Waals surface area contributed by atoms with E-state index in [1.54, 1.807) is 0 Å². The second-order valence-electron chi connectivity index (χ2n) is 4.91. The second kappa shape index (κ2) is 5.71. The van der Waals surface area contributed by atoms with Crippen molar-refractivity contribution in [2.45, 2.75) is 13.3 Å². The zero-order chi connectivity index (χ0) is 14.7. The van der Waals surface area contributed by atoms with E-state index in [1.165, 1.54) is 0 Å². The number of nitrogens with zero attached hydrogens (tertiary/aromatic N) is 3. The van der Waals surface area contributed by atoms with Gasteiger partial charge in [0.15, 0.2) is 0 Å². The van der Waals surface area contributed by atoms with Crippen LogP contribution >= 0.6 is 0 Å². The van der Waals surface area contributed by atoms with E-state index in [1.807, 2.05) is 55.5 Å². The molecular weight excluding hydrogens is 260 g/mol. The molecule has 0 fully saturated rings. The molecule has 4 heteroatoms. The number of hydrazone groups is 1. The number of hydrogen-bond acceptors (Lipinski definition) is 4. The Kier molecular flexibility index (Phi) is 3.60. The first kappa shape index (κ1) is 13.2. The third kappa shape index (κ3) is 2.89. The van der Waals surface area contributed by atoms with Crippen molar-refractivity contribution in [1.82, 2.24) is 9.97 Å². The van der Waals surface area contributed by atoms with Crippen molar-refractivity contribution in [3.8, 4) is 0 Å². The third-order valence-corrected chi connectivity index (χ3v) is 3.34. The highest BCUT2D eigenvalue weighted by atomic mass is 15.1. The summed E-state index contributed by atoms with van der Waals surface area (Å²) < 4.78 is 0. The average Bonchev–Trinajstić information content (AvgIpc) is 2.52. The van der Waals surface area contributed by atoms with Gasteiger partial charge in [0, 0.05) is 23.2 Å². The van der Waals surface area contributed by atoms with E-state index in [0.717, 1.165) is 33.7 Å². The monoisotopic (exact) mass is 276 g/mol. The first-order chi connectivity index (χ1) is 10.3. The van der Waals surface area contributed by atoms with Gasteiger partial charge in [0.05, 0.1) is 16.9 Å². The number of rotatable bonds is 3. The molecule has 0 bridgehead atoms. The van der Waals surface area contributed by atoms with E-state index < -0.39 is 0 Å². The molecule has 104 valence electrons. The van der Waals surface area contributed by atoms with Crippen molar-refractivity contribution in [3.05, 3.63) is 71.7 Å². The number of pyridine rings is 2. The van der Waals surface area contributed by atoms with Crippen LogP contribution < -0.4 is 5.84 Å². The van der Waals surface area contributed by atoms with Gasteiger partial charge in [-0.25, -0.2) is 0 Å². The van der Waals surface area contributed by atoms with Crippen molar-refractivity contribution in [3.63, 3.8) is 0 Å². The van der Waals surface area contributed by atoms with Gasteiger partial charge in [0.1, 0.15) is 0 Å². The zero-order valence-electron chi connectivity index (χ0n) is 11.8. The maximum atomic E-state index is 5.54. The molecule has 0 unspecified atom stereocenters. The van der Waals surface area contributed by atoms with E-state index in [2.05, 4.69) is 21.1 Å². The van der Waals surface area contributed by atoms with Crippen LogP contribution in [0.15, 0.2) is 59.7 Å². The first-order valence-electron chi connectivity index (χ1n) is 6.82. The summed E-state index contributed by atoms with van der Waals surface area (Å²) in [5.41, 5.74) is 4.39. The Hall–Kier alpha value is -2.75. The van der Waals surface area contributed by atoms with Crippen LogP contribution in [0.4, 0.5) is 0 Å². The number of nitrogens with two attached hydrogens (primary N) is 1. The highest BCUT2D eigenvalue weighted by molar-refractivity contribution is 6.00. The fourth-order valence-corrected chi connectivity index (χ4v) is 2.28. The van der Waals surface area contributed by atoms with Gasteiger partial charge in [-0.3, -0.25) is 9.97 Å². The molecule has 3 rings (SSSR count). The standard InChI is InChI=1S/C17H16N4/c1-12-5-4-8-16(19-12)17(21-18)11-14-10-9-13-6-2-3-7-15(13)20-14/h2-10H,11,18H2,1H3. The van der Waals surface area contributed by atoms with Crippen molar-refractivity contribution >= 4 is 16.6 Å². The van der Waals surface area contributed by atoms with Gasteiger partial charge in [-0.15, -0.1) is 0 Å². The smallest absolute Gasteiger partial charge is 0.0916 e. The van der Waals surface area contributed by atoms with Gasteiger partial charge >= 0.3 is 0 Å². The molecule has 0 spiro atoms. The molecule has 1 aromatic carbocycles. The highest BCUT2D eigenvalue weighted by Gasteiger charge is 2.08. The molecule has 0 radical (unpaired) electrons. The van der Waals surface area contributed by atoms with Crippen LogP contribution in [0.2, 0.25) is 0 Å². The summed E-state index contributed by atoms with van der Waals surface area (Å²) in [6.07, 6.45) is 0.567. The summed E-state index contributed by atoms with van der Waals surface area (Å²) in [5.74, 6) is 5.54. The van der Waals surface area contributed by atoms with E-state index in [9.17, 15) is 0 Å². The Balaban J connectivity index is 1.92. The zero-order valence-corrected chi connectivity index (χ0v) is 11.8. The van der Waals surface area contributed by atoms with Gasteiger partial charge in [0.2, 0.25) is 0 Å². The third-order valence-electron chi connectivity index (χ3n) is 3.34. The number of aryl methyl sites for hydroxylation is 1. The fourth-order valence-electron chi connectivity index (χ4n) is 2.28. The van der Waals surface area contributed by atoms with Crippen LogP contribution in [0.1, 0.15) is 17.1 Å². The van der Waals surface area contributed by atoms with Gasteiger partial charge in [0.25, 0.3) is 0 Å². The van der Waals surface area contributed by atoms with Crippen molar-refractivity contribution in [1.29, 1.82) is 0 Å². The van der Waals surface area contributed by atoms with Crippen LogP contribution in [0.5, 0.6) is 0 Å². The molecule has 0 aliphatic heterocycles. The topological polar surface area (TPSA) is 64.2 Å². The van der Waals surface area contributed by atoms with E-state index in [-0.39, 0.29) is 0 Å². The van der Waals surface area contributed by atoms with Gasteiger partial charge < -0.3 is 5.84 Å². The summed E-state index contributed by atoms with van der Waals surface area (Å²) >= 11 is 0. The molecular formula is C17H16N4. The molecule has 2 aromatic heterocycles. The number of benzene rings is 1. The molecule has 0 amide bonds. The lowest BCUT2D eigenvalue weighted by Crippen LogP contribution is -2.11. The van der Waals surface area contributed by atoms with Crippen LogP contribution in [0, 0.1) is 6.92 Å². The normalized spacial score (nSPS) is 11.8. The lowest BCUT2D eigenvalue weighted by Gasteiger charge is -2.06. The van der Waals surface area contributed by atoms with Crippen molar-refractivity contribution in [2.75, 3.05) is 0 Å². The number of aromatic nitrogens is 2.